The van der Waals surface area contributed by atoms with Crippen LogP contribution in [0.1, 0.15) is 16.7 Å². The average molecular weight is 508 g/mol. The first-order chi connectivity index (χ1) is 18.1. The van der Waals surface area contributed by atoms with E-state index in [9.17, 15) is 0 Å². The maximum atomic E-state index is 6.49. The highest BCUT2D eigenvalue weighted by Crippen LogP contribution is 2.26. The Balaban J connectivity index is 1.39. The second kappa shape index (κ2) is 13.4. The zero-order chi connectivity index (χ0) is 26.0. The summed E-state index contributed by atoms with van der Waals surface area (Å²) in [6.07, 6.45) is -0.221. The van der Waals surface area contributed by atoms with Crippen LogP contribution in [0.4, 0.5) is 0 Å². The molecule has 7 heteroatoms. The van der Waals surface area contributed by atoms with Crippen molar-refractivity contribution in [2.24, 2.45) is 0 Å². The van der Waals surface area contributed by atoms with Crippen molar-refractivity contribution in [3.05, 3.63) is 89.5 Å². The quantitative estimate of drug-likeness (QED) is 0.332. The topological polar surface area (TPSA) is 58.6 Å². The number of likely N-dealkylation sites (tertiary alicyclic amines) is 1. The lowest BCUT2D eigenvalue weighted by Gasteiger charge is -2.27. The standard InChI is InChI=1S/C30H37NO6/c1-31-17-29(36-19-23-7-13-26(33-3)14-8-23)30(37-20-24-9-15-27(34-4)16-10-24)28(31)21-35-18-22-5-11-25(32-2)12-6-22/h5-16,28-30H,17-21H2,1-4H3/t28-,29-,30-/m1/s1. The predicted molar refractivity (Wildman–Crippen MR) is 142 cm³/mol. The van der Waals surface area contributed by atoms with Crippen molar-refractivity contribution in [3.8, 4) is 17.2 Å². The summed E-state index contributed by atoms with van der Waals surface area (Å²) in [5.41, 5.74) is 3.28. The molecule has 0 aromatic heterocycles. The molecular weight excluding hydrogens is 470 g/mol. The van der Waals surface area contributed by atoms with Gasteiger partial charge in [-0.25, -0.2) is 0 Å². The number of hydrogen-bond acceptors (Lipinski definition) is 7. The third-order valence-corrected chi connectivity index (χ3v) is 6.72. The number of methoxy groups -OCH3 is 3. The van der Waals surface area contributed by atoms with Crippen LogP contribution in [0.25, 0.3) is 0 Å². The molecule has 198 valence electrons. The molecule has 0 aliphatic carbocycles. The first-order valence-corrected chi connectivity index (χ1v) is 12.5. The van der Waals surface area contributed by atoms with Gasteiger partial charge in [0, 0.05) is 6.54 Å². The van der Waals surface area contributed by atoms with Crippen molar-refractivity contribution in [2.45, 2.75) is 38.1 Å². The van der Waals surface area contributed by atoms with Crippen LogP contribution in [0, 0.1) is 0 Å². The number of ether oxygens (including phenoxy) is 6. The molecule has 37 heavy (non-hydrogen) atoms. The molecular formula is C30H37NO6. The van der Waals surface area contributed by atoms with Crippen molar-refractivity contribution in [2.75, 3.05) is 41.5 Å². The normalized spacial score (nSPS) is 19.6. The Bertz CT molecular complexity index is 1070. The molecule has 1 saturated heterocycles. The number of benzene rings is 3. The predicted octanol–water partition coefficient (Wildman–Crippen LogP) is 4.71. The number of nitrogens with zero attached hydrogens (tertiary/aromatic N) is 1. The van der Waals surface area contributed by atoms with E-state index >= 15 is 0 Å². The van der Waals surface area contributed by atoms with Crippen molar-refractivity contribution < 1.29 is 28.4 Å². The van der Waals surface area contributed by atoms with Gasteiger partial charge in [-0.2, -0.15) is 0 Å². The van der Waals surface area contributed by atoms with E-state index in [2.05, 4.69) is 11.9 Å². The molecule has 0 bridgehead atoms. The van der Waals surface area contributed by atoms with Crippen LogP contribution in [0.5, 0.6) is 17.2 Å². The summed E-state index contributed by atoms with van der Waals surface area (Å²) in [7, 11) is 7.10. The first kappa shape index (κ1) is 26.9. The summed E-state index contributed by atoms with van der Waals surface area (Å²) in [6.45, 7) is 2.82. The van der Waals surface area contributed by atoms with Crippen LogP contribution >= 0.6 is 0 Å². The summed E-state index contributed by atoms with van der Waals surface area (Å²) in [4.78, 5) is 2.27. The molecule has 1 aliphatic heterocycles. The van der Waals surface area contributed by atoms with Crippen molar-refractivity contribution >= 4 is 0 Å². The Kier molecular flexibility index (Phi) is 9.79. The van der Waals surface area contributed by atoms with E-state index in [1.165, 1.54) is 0 Å². The maximum Gasteiger partial charge on any atom is 0.118 e. The van der Waals surface area contributed by atoms with E-state index in [1.807, 2.05) is 72.8 Å². The Morgan fingerprint density at radius 1 is 0.622 bits per heavy atom. The summed E-state index contributed by atoms with van der Waals surface area (Å²) in [5, 5.41) is 0. The third kappa shape index (κ3) is 7.46. The van der Waals surface area contributed by atoms with Crippen LogP contribution in [0.15, 0.2) is 72.8 Å². The summed E-state index contributed by atoms with van der Waals surface area (Å²) >= 11 is 0. The molecule has 3 aromatic rings. The van der Waals surface area contributed by atoms with Gasteiger partial charge in [-0.05, 0) is 60.1 Å². The molecule has 0 spiro atoms. The second-order valence-electron chi connectivity index (χ2n) is 9.19. The van der Waals surface area contributed by atoms with Gasteiger partial charge in [-0.15, -0.1) is 0 Å². The highest BCUT2D eigenvalue weighted by Gasteiger charge is 2.41. The molecule has 0 amide bonds. The Morgan fingerprint density at radius 2 is 1.05 bits per heavy atom. The SMILES string of the molecule is COc1ccc(COC[C@@H]2[C@@H](OCc3ccc(OC)cc3)[C@H](OCc3ccc(OC)cc3)CN2C)cc1. The summed E-state index contributed by atoms with van der Waals surface area (Å²) < 4.78 is 34.8. The highest BCUT2D eigenvalue weighted by atomic mass is 16.5. The molecule has 4 rings (SSSR count). The number of likely N-dealkylation sites (N-methyl/N-ethyl adjacent to an activating group) is 1. The molecule has 0 N–H and O–H groups in total. The van der Waals surface area contributed by atoms with Gasteiger partial charge < -0.3 is 28.4 Å². The van der Waals surface area contributed by atoms with Crippen LogP contribution in [0.2, 0.25) is 0 Å². The fourth-order valence-electron chi connectivity index (χ4n) is 4.47. The van der Waals surface area contributed by atoms with Gasteiger partial charge in [0.1, 0.15) is 23.4 Å². The average Bonchev–Trinajstić information content (AvgIpc) is 3.25. The fourth-order valence-corrected chi connectivity index (χ4v) is 4.47. The van der Waals surface area contributed by atoms with E-state index < -0.39 is 0 Å². The zero-order valence-corrected chi connectivity index (χ0v) is 22.1. The van der Waals surface area contributed by atoms with Crippen LogP contribution in [-0.4, -0.2) is 64.7 Å². The van der Waals surface area contributed by atoms with Gasteiger partial charge in [0.15, 0.2) is 0 Å². The van der Waals surface area contributed by atoms with Crippen molar-refractivity contribution in [1.29, 1.82) is 0 Å². The zero-order valence-electron chi connectivity index (χ0n) is 22.1. The molecule has 3 atom stereocenters. The van der Waals surface area contributed by atoms with E-state index in [0.29, 0.717) is 26.4 Å². The number of rotatable bonds is 13. The van der Waals surface area contributed by atoms with E-state index in [1.54, 1.807) is 21.3 Å². The number of hydrogen-bond donors (Lipinski definition) is 0. The maximum absolute atomic E-state index is 6.49. The summed E-state index contributed by atoms with van der Waals surface area (Å²) in [5.74, 6) is 2.50. The van der Waals surface area contributed by atoms with Gasteiger partial charge in [0.05, 0.1) is 59.9 Å². The van der Waals surface area contributed by atoms with Gasteiger partial charge in [0.25, 0.3) is 0 Å². The van der Waals surface area contributed by atoms with Crippen LogP contribution < -0.4 is 14.2 Å². The van der Waals surface area contributed by atoms with E-state index in [4.69, 9.17) is 28.4 Å². The molecule has 1 aliphatic rings. The fraction of sp³-hybridized carbons (Fsp3) is 0.400. The monoisotopic (exact) mass is 507 g/mol. The van der Waals surface area contributed by atoms with Crippen molar-refractivity contribution in [3.63, 3.8) is 0 Å². The van der Waals surface area contributed by atoms with Gasteiger partial charge >= 0.3 is 0 Å². The van der Waals surface area contributed by atoms with Crippen molar-refractivity contribution in [1.82, 2.24) is 4.90 Å². The molecule has 7 nitrogen and oxygen atoms in total. The first-order valence-electron chi connectivity index (χ1n) is 12.5. The molecule has 1 fully saturated rings. The van der Waals surface area contributed by atoms with Gasteiger partial charge in [-0.3, -0.25) is 4.90 Å². The molecule has 0 saturated carbocycles. The third-order valence-electron chi connectivity index (χ3n) is 6.72. The minimum absolute atomic E-state index is 0.0670. The molecule has 1 heterocycles. The van der Waals surface area contributed by atoms with E-state index in [0.717, 1.165) is 40.5 Å². The summed E-state index contributed by atoms with van der Waals surface area (Å²) in [6, 6.07) is 23.9. The molecule has 3 aromatic carbocycles. The Morgan fingerprint density at radius 3 is 1.51 bits per heavy atom. The van der Waals surface area contributed by atoms with Gasteiger partial charge in [-0.1, -0.05) is 36.4 Å². The lowest BCUT2D eigenvalue weighted by molar-refractivity contribution is -0.0811. The highest BCUT2D eigenvalue weighted by molar-refractivity contribution is 5.28. The minimum atomic E-state index is -0.138. The Labute approximate surface area is 219 Å². The lowest BCUT2D eigenvalue weighted by Crippen LogP contribution is -2.40. The lowest BCUT2D eigenvalue weighted by atomic mass is 10.1. The van der Waals surface area contributed by atoms with E-state index in [-0.39, 0.29) is 18.2 Å². The van der Waals surface area contributed by atoms with Gasteiger partial charge in [0.2, 0.25) is 0 Å². The van der Waals surface area contributed by atoms with Crippen LogP contribution in [-0.2, 0) is 34.0 Å². The molecule has 0 unspecified atom stereocenters. The second-order valence-corrected chi connectivity index (χ2v) is 9.19. The Hall–Kier alpha value is -3.10. The van der Waals surface area contributed by atoms with Crippen LogP contribution in [0.3, 0.4) is 0 Å². The minimum Gasteiger partial charge on any atom is -0.497 e. The molecule has 0 radical (unpaired) electrons. The largest absolute Gasteiger partial charge is 0.497 e. The smallest absolute Gasteiger partial charge is 0.118 e.